The second kappa shape index (κ2) is 5.05. The van der Waals surface area contributed by atoms with Crippen LogP contribution in [0.1, 0.15) is 32.1 Å². The van der Waals surface area contributed by atoms with Crippen LogP contribution in [-0.4, -0.2) is 38.2 Å². The topological polar surface area (TPSA) is 75.4 Å². The predicted molar refractivity (Wildman–Crippen MR) is 75.1 cm³/mol. The lowest BCUT2D eigenvalue weighted by atomic mass is 10.00. The van der Waals surface area contributed by atoms with Gasteiger partial charge in [-0.15, -0.1) is 0 Å². The molecule has 6 nitrogen and oxygen atoms in total. The van der Waals surface area contributed by atoms with Gasteiger partial charge in [-0.3, -0.25) is 9.48 Å². The molecule has 1 amide bonds. The summed E-state index contributed by atoms with van der Waals surface area (Å²) in [5, 5.41) is 13.0. The van der Waals surface area contributed by atoms with Gasteiger partial charge in [0.25, 0.3) is 5.91 Å². The number of amides is 1. The van der Waals surface area contributed by atoms with Gasteiger partial charge >= 0.3 is 5.97 Å². The third kappa shape index (κ3) is 2.40. The molecular formula is C15H15N3O3. The van der Waals surface area contributed by atoms with Gasteiger partial charge in [-0.25, -0.2) is 4.79 Å². The number of fused-ring (bicyclic) bond motifs is 1. The monoisotopic (exact) mass is 285 g/mol. The first-order chi connectivity index (χ1) is 10.1. The molecule has 2 aromatic rings. The summed E-state index contributed by atoms with van der Waals surface area (Å²) >= 11 is 0. The lowest BCUT2D eigenvalue weighted by Crippen LogP contribution is -2.36. The zero-order valence-corrected chi connectivity index (χ0v) is 11.6. The van der Waals surface area contributed by atoms with Crippen molar-refractivity contribution in [2.24, 2.45) is 7.05 Å². The Kier molecular flexibility index (Phi) is 3.21. The molecule has 0 saturated carbocycles. The molecule has 1 N–H and O–H groups in total. The number of aromatic nitrogens is 2. The van der Waals surface area contributed by atoms with E-state index >= 15 is 0 Å². The zero-order valence-electron chi connectivity index (χ0n) is 11.6. The minimum atomic E-state index is -1.09. The molecule has 0 radical (unpaired) electrons. The van der Waals surface area contributed by atoms with E-state index in [0.717, 1.165) is 12.0 Å². The lowest BCUT2D eigenvalue weighted by molar-refractivity contribution is 0.0683. The molecule has 0 unspecified atom stereocenters. The van der Waals surface area contributed by atoms with E-state index in [-0.39, 0.29) is 17.3 Å². The minimum absolute atomic E-state index is 0.00996. The molecule has 1 aliphatic heterocycles. The summed E-state index contributed by atoms with van der Waals surface area (Å²) in [6.07, 6.45) is 0.806. The molecule has 1 aliphatic rings. The van der Waals surface area contributed by atoms with Crippen molar-refractivity contribution in [1.82, 2.24) is 14.7 Å². The SMILES string of the molecule is Cn1nc(C(=O)N2CCc3ccccc3C2)cc1C(=O)O. The average molecular weight is 285 g/mol. The second-order valence-electron chi connectivity index (χ2n) is 5.09. The molecular weight excluding hydrogens is 270 g/mol. The van der Waals surface area contributed by atoms with Crippen molar-refractivity contribution in [2.75, 3.05) is 6.54 Å². The van der Waals surface area contributed by atoms with Crippen LogP contribution in [0.25, 0.3) is 0 Å². The summed E-state index contributed by atoms with van der Waals surface area (Å²) in [6, 6.07) is 9.35. The highest BCUT2D eigenvalue weighted by atomic mass is 16.4. The van der Waals surface area contributed by atoms with Gasteiger partial charge in [0.15, 0.2) is 5.69 Å². The minimum Gasteiger partial charge on any atom is -0.477 e. The fraction of sp³-hybridized carbons (Fsp3) is 0.267. The first-order valence-corrected chi connectivity index (χ1v) is 6.69. The van der Waals surface area contributed by atoms with Crippen molar-refractivity contribution in [3.63, 3.8) is 0 Å². The maximum Gasteiger partial charge on any atom is 0.354 e. The Balaban J connectivity index is 1.84. The smallest absolute Gasteiger partial charge is 0.354 e. The molecule has 0 saturated heterocycles. The molecule has 2 heterocycles. The zero-order chi connectivity index (χ0) is 15.0. The van der Waals surface area contributed by atoms with Gasteiger partial charge in [-0.1, -0.05) is 24.3 Å². The number of hydrogen-bond acceptors (Lipinski definition) is 3. The predicted octanol–water partition coefficient (Wildman–Crippen LogP) is 1.32. The van der Waals surface area contributed by atoms with Crippen LogP contribution in [0.2, 0.25) is 0 Å². The fourth-order valence-corrected chi connectivity index (χ4v) is 2.60. The van der Waals surface area contributed by atoms with E-state index in [1.807, 2.05) is 18.2 Å². The van der Waals surface area contributed by atoms with Crippen LogP contribution in [0.3, 0.4) is 0 Å². The van der Waals surface area contributed by atoms with Gasteiger partial charge in [0, 0.05) is 26.2 Å². The highest BCUT2D eigenvalue weighted by Gasteiger charge is 2.25. The molecule has 3 rings (SSSR count). The van der Waals surface area contributed by atoms with E-state index in [1.165, 1.54) is 23.4 Å². The van der Waals surface area contributed by atoms with E-state index < -0.39 is 5.97 Å². The van der Waals surface area contributed by atoms with Crippen molar-refractivity contribution >= 4 is 11.9 Å². The first kappa shape index (κ1) is 13.4. The Bertz CT molecular complexity index is 721. The number of carboxylic acid groups (broad SMARTS) is 1. The van der Waals surface area contributed by atoms with Crippen molar-refractivity contribution in [3.05, 3.63) is 52.8 Å². The maximum absolute atomic E-state index is 12.5. The van der Waals surface area contributed by atoms with Crippen molar-refractivity contribution in [1.29, 1.82) is 0 Å². The summed E-state index contributed by atoms with van der Waals surface area (Å²) in [5.41, 5.74) is 2.57. The number of carboxylic acids is 1. The quantitative estimate of drug-likeness (QED) is 0.903. The first-order valence-electron chi connectivity index (χ1n) is 6.69. The fourth-order valence-electron chi connectivity index (χ4n) is 2.60. The number of aryl methyl sites for hydroxylation is 1. The van der Waals surface area contributed by atoms with Gasteiger partial charge in [0.05, 0.1) is 0 Å². The van der Waals surface area contributed by atoms with Crippen molar-refractivity contribution < 1.29 is 14.7 Å². The van der Waals surface area contributed by atoms with Crippen LogP contribution in [-0.2, 0) is 20.0 Å². The van der Waals surface area contributed by atoms with E-state index in [9.17, 15) is 9.59 Å². The summed E-state index contributed by atoms with van der Waals surface area (Å²) in [4.78, 5) is 25.2. The third-order valence-electron chi connectivity index (χ3n) is 3.74. The average Bonchev–Trinajstić information content (AvgIpc) is 2.88. The Morgan fingerprint density at radius 2 is 1.95 bits per heavy atom. The molecule has 108 valence electrons. The molecule has 0 atom stereocenters. The molecule has 1 aromatic carbocycles. The van der Waals surface area contributed by atoms with Gasteiger partial charge < -0.3 is 10.0 Å². The number of hydrogen-bond donors (Lipinski definition) is 1. The number of rotatable bonds is 2. The molecule has 1 aromatic heterocycles. The van der Waals surface area contributed by atoms with Gasteiger partial charge in [-0.05, 0) is 17.5 Å². The molecule has 0 fully saturated rings. The largest absolute Gasteiger partial charge is 0.477 e. The summed E-state index contributed by atoms with van der Waals surface area (Å²) in [5.74, 6) is -1.32. The Hall–Kier alpha value is -2.63. The van der Waals surface area contributed by atoms with Crippen LogP contribution < -0.4 is 0 Å². The summed E-state index contributed by atoms with van der Waals surface area (Å²) < 4.78 is 1.22. The third-order valence-corrected chi connectivity index (χ3v) is 3.74. The number of nitrogens with zero attached hydrogens (tertiary/aromatic N) is 3. The van der Waals surface area contributed by atoms with Crippen molar-refractivity contribution in [3.8, 4) is 0 Å². The number of benzene rings is 1. The highest BCUT2D eigenvalue weighted by molar-refractivity contribution is 5.95. The standard InChI is InChI=1S/C15H15N3O3/c1-17-13(15(20)21)8-12(16-17)14(19)18-7-6-10-4-2-3-5-11(10)9-18/h2-5,8H,6-7,9H2,1H3,(H,20,21). The van der Waals surface area contributed by atoms with E-state index in [0.29, 0.717) is 13.1 Å². The maximum atomic E-state index is 12.5. The van der Waals surface area contributed by atoms with Gasteiger partial charge in [-0.2, -0.15) is 5.10 Å². The van der Waals surface area contributed by atoms with Crippen LogP contribution in [0.4, 0.5) is 0 Å². The normalized spacial score (nSPS) is 13.9. The number of carbonyl (C=O) groups is 2. The summed E-state index contributed by atoms with van der Waals surface area (Å²) in [6.45, 7) is 1.16. The molecule has 21 heavy (non-hydrogen) atoms. The van der Waals surface area contributed by atoms with Gasteiger partial charge in [0.1, 0.15) is 5.69 Å². The van der Waals surface area contributed by atoms with Gasteiger partial charge in [0.2, 0.25) is 0 Å². The van der Waals surface area contributed by atoms with Crippen LogP contribution >= 0.6 is 0 Å². The molecule has 0 bridgehead atoms. The van der Waals surface area contributed by atoms with E-state index in [2.05, 4.69) is 11.2 Å². The van der Waals surface area contributed by atoms with E-state index in [1.54, 1.807) is 4.90 Å². The molecule has 0 spiro atoms. The highest BCUT2D eigenvalue weighted by Crippen LogP contribution is 2.20. The Labute approximate surface area is 121 Å². The lowest BCUT2D eigenvalue weighted by Gasteiger charge is -2.28. The number of aromatic carboxylic acids is 1. The Morgan fingerprint density at radius 3 is 2.62 bits per heavy atom. The van der Waals surface area contributed by atoms with Crippen LogP contribution in [0.5, 0.6) is 0 Å². The second-order valence-corrected chi connectivity index (χ2v) is 5.09. The van der Waals surface area contributed by atoms with Crippen LogP contribution in [0, 0.1) is 0 Å². The number of carbonyl (C=O) groups excluding carboxylic acids is 1. The molecule has 0 aliphatic carbocycles. The van der Waals surface area contributed by atoms with E-state index in [4.69, 9.17) is 5.11 Å². The van der Waals surface area contributed by atoms with Crippen LogP contribution in [0.15, 0.2) is 30.3 Å². The van der Waals surface area contributed by atoms with Crippen molar-refractivity contribution in [2.45, 2.75) is 13.0 Å². The summed E-state index contributed by atoms with van der Waals surface area (Å²) in [7, 11) is 1.52. The molecule has 6 heteroatoms. The Morgan fingerprint density at radius 1 is 1.24 bits per heavy atom.